The molecule has 0 aromatic carbocycles. The van der Waals surface area contributed by atoms with E-state index < -0.39 is 11.9 Å². The topological polar surface area (TPSA) is 68.2 Å². The van der Waals surface area contributed by atoms with E-state index in [1.807, 2.05) is 6.26 Å². The molecule has 4 atom stereocenters. The number of aliphatic hydroxyl groups is 2. The van der Waals surface area contributed by atoms with E-state index in [-0.39, 0.29) is 24.3 Å². The van der Waals surface area contributed by atoms with Gasteiger partial charge in [0.1, 0.15) is 17.6 Å². The van der Waals surface area contributed by atoms with E-state index in [4.69, 9.17) is 14.2 Å². The summed E-state index contributed by atoms with van der Waals surface area (Å²) in [5.41, 5.74) is -0.332. The molecule has 0 amide bonds. The van der Waals surface area contributed by atoms with Crippen LogP contribution in [0.15, 0.2) is 0 Å². The molecule has 2 aliphatic rings. The summed E-state index contributed by atoms with van der Waals surface area (Å²) in [5.74, 6) is -0.523. The molecule has 2 unspecified atom stereocenters. The largest absolute Gasteiger partial charge is 0.394 e. The molecule has 1 heterocycles. The van der Waals surface area contributed by atoms with Crippen LogP contribution in [0.2, 0.25) is 0 Å². The van der Waals surface area contributed by atoms with Gasteiger partial charge in [-0.25, -0.2) is 0 Å². The molecule has 1 aliphatic heterocycles. The minimum atomic E-state index is -0.574. The average Bonchev–Trinajstić information content (AvgIpc) is 2.46. The molecule has 6 heteroatoms. The lowest BCUT2D eigenvalue weighted by atomic mass is 9.92. The van der Waals surface area contributed by atoms with Crippen LogP contribution >= 0.6 is 11.8 Å². The van der Waals surface area contributed by atoms with Crippen LogP contribution in [0.4, 0.5) is 0 Å². The molecule has 2 rings (SSSR count). The first kappa shape index (κ1) is 16.5. The summed E-state index contributed by atoms with van der Waals surface area (Å²) < 4.78 is 17.8. The van der Waals surface area contributed by atoms with E-state index >= 15 is 0 Å². The highest BCUT2D eigenvalue weighted by molar-refractivity contribution is 7.99. The smallest absolute Gasteiger partial charge is 0.169 e. The van der Waals surface area contributed by atoms with Gasteiger partial charge in [-0.05, 0) is 26.0 Å². The first-order chi connectivity index (χ1) is 9.60. The third-order valence-electron chi connectivity index (χ3n) is 4.02. The van der Waals surface area contributed by atoms with Crippen molar-refractivity contribution in [1.82, 2.24) is 0 Å². The second kappa shape index (κ2) is 7.42. The highest BCUT2D eigenvalue weighted by Gasteiger charge is 2.44. The van der Waals surface area contributed by atoms with Gasteiger partial charge in [-0.15, -0.1) is 11.8 Å². The third-order valence-corrected chi connectivity index (χ3v) is 4.99. The molecule has 118 valence electrons. The Hall–Kier alpha value is 0.150. The molecule has 0 radical (unpaired) electrons. The quantitative estimate of drug-likeness (QED) is 0.751. The molecule has 1 aliphatic carbocycles. The SMILES string of the molecule is CS[C@H](OC1COC2(CCCCC2)O[C@H]1CO)C(C)O. The molecule has 0 aromatic rings. The van der Waals surface area contributed by atoms with Gasteiger partial charge in [0.25, 0.3) is 0 Å². The predicted octanol–water partition coefficient (Wildman–Crippen LogP) is 1.51. The first-order valence-electron chi connectivity index (χ1n) is 7.39. The van der Waals surface area contributed by atoms with Gasteiger partial charge in [-0.3, -0.25) is 0 Å². The first-order valence-corrected chi connectivity index (χ1v) is 8.68. The zero-order valence-corrected chi connectivity index (χ0v) is 13.1. The predicted molar refractivity (Wildman–Crippen MR) is 77.6 cm³/mol. The van der Waals surface area contributed by atoms with Crippen molar-refractivity contribution in [2.45, 2.75) is 68.6 Å². The van der Waals surface area contributed by atoms with Crippen LogP contribution < -0.4 is 0 Å². The van der Waals surface area contributed by atoms with Gasteiger partial charge in [0.2, 0.25) is 0 Å². The Bertz CT molecular complexity index is 293. The number of thioether (sulfide) groups is 1. The summed E-state index contributed by atoms with van der Waals surface area (Å²) in [4.78, 5) is 0. The van der Waals surface area contributed by atoms with Crippen molar-refractivity contribution in [1.29, 1.82) is 0 Å². The molecule has 0 bridgehead atoms. The molecule has 1 saturated heterocycles. The van der Waals surface area contributed by atoms with E-state index in [9.17, 15) is 10.2 Å². The Labute approximate surface area is 125 Å². The Kier molecular flexibility index (Phi) is 6.13. The summed E-state index contributed by atoms with van der Waals surface area (Å²) in [6.07, 6.45) is 5.80. The van der Waals surface area contributed by atoms with Gasteiger partial charge < -0.3 is 24.4 Å². The monoisotopic (exact) mass is 306 g/mol. The lowest BCUT2D eigenvalue weighted by Gasteiger charge is -2.46. The van der Waals surface area contributed by atoms with Crippen molar-refractivity contribution < 1.29 is 24.4 Å². The van der Waals surface area contributed by atoms with E-state index in [1.54, 1.807) is 6.92 Å². The maximum absolute atomic E-state index is 9.65. The van der Waals surface area contributed by atoms with Crippen molar-refractivity contribution in [3.63, 3.8) is 0 Å². The van der Waals surface area contributed by atoms with Crippen molar-refractivity contribution in [2.24, 2.45) is 0 Å². The number of hydrogen-bond donors (Lipinski definition) is 2. The second-order valence-corrected chi connectivity index (χ2v) is 6.58. The van der Waals surface area contributed by atoms with Gasteiger partial charge in [-0.1, -0.05) is 6.42 Å². The Morgan fingerprint density at radius 3 is 2.60 bits per heavy atom. The van der Waals surface area contributed by atoms with E-state index in [0.717, 1.165) is 25.7 Å². The zero-order valence-electron chi connectivity index (χ0n) is 12.3. The Morgan fingerprint density at radius 2 is 2.05 bits per heavy atom. The van der Waals surface area contributed by atoms with Crippen LogP contribution in [0.1, 0.15) is 39.0 Å². The molecule has 20 heavy (non-hydrogen) atoms. The summed E-state index contributed by atoms with van der Waals surface area (Å²) in [6.45, 7) is 2.02. The minimum Gasteiger partial charge on any atom is -0.394 e. The third kappa shape index (κ3) is 3.87. The second-order valence-electron chi connectivity index (χ2n) is 5.64. The van der Waals surface area contributed by atoms with Crippen LogP contribution in [-0.4, -0.2) is 59.2 Å². The van der Waals surface area contributed by atoms with Gasteiger partial charge in [0, 0.05) is 12.8 Å². The van der Waals surface area contributed by atoms with Crippen molar-refractivity contribution in [2.75, 3.05) is 19.5 Å². The highest BCUT2D eigenvalue weighted by Crippen LogP contribution is 2.38. The number of aliphatic hydroxyl groups excluding tert-OH is 2. The van der Waals surface area contributed by atoms with Crippen molar-refractivity contribution in [3.8, 4) is 0 Å². The van der Waals surface area contributed by atoms with E-state index in [0.29, 0.717) is 6.61 Å². The number of rotatable bonds is 5. The molecule has 2 N–H and O–H groups in total. The average molecular weight is 306 g/mol. The minimum absolute atomic E-state index is 0.0866. The summed E-state index contributed by atoms with van der Waals surface area (Å²) in [6, 6.07) is 0. The zero-order chi connectivity index (χ0) is 14.6. The summed E-state index contributed by atoms with van der Waals surface area (Å²) in [5, 5.41) is 19.2. The van der Waals surface area contributed by atoms with Crippen LogP contribution in [0.3, 0.4) is 0 Å². The van der Waals surface area contributed by atoms with Crippen molar-refractivity contribution in [3.05, 3.63) is 0 Å². The normalized spacial score (nSPS) is 33.0. The maximum Gasteiger partial charge on any atom is 0.169 e. The van der Waals surface area contributed by atoms with Gasteiger partial charge in [0.15, 0.2) is 5.79 Å². The van der Waals surface area contributed by atoms with Crippen LogP contribution in [-0.2, 0) is 14.2 Å². The lowest BCUT2D eigenvalue weighted by molar-refractivity contribution is -0.342. The molecule has 2 fully saturated rings. The van der Waals surface area contributed by atoms with Crippen LogP contribution in [0, 0.1) is 0 Å². The number of hydrogen-bond acceptors (Lipinski definition) is 6. The molecular formula is C14H26O5S. The highest BCUT2D eigenvalue weighted by atomic mass is 32.2. The molecule has 0 aromatic heterocycles. The van der Waals surface area contributed by atoms with Crippen LogP contribution in [0.25, 0.3) is 0 Å². The maximum atomic E-state index is 9.65. The van der Waals surface area contributed by atoms with Gasteiger partial charge in [0.05, 0.1) is 19.3 Å². The fourth-order valence-corrected chi connectivity index (χ4v) is 3.55. The van der Waals surface area contributed by atoms with E-state index in [2.05, 4.69) is 0 Å². The molecular weight excluding hydrogens is 280 g/mol. The molecule has 5 nitrogen and oxygen atoms in total. The fourth-order valence-electron chi connectivity index (χ4n) is 2.90. The van der Waals surface area contributed by atoms with Gasteiger partial charge in [-0.2, -0.15) is 0 Å². The summed E-state index contributed by atoms with van der Waals surface area (Å²) in [7, 11) is 0. The van der Waals surface area contributed by atoms with Crippen molar-refractivity contribution >= 4 is 11.8 Å². The van der Waals surface area contributed by atoms with E-state index in [1.165, 1.54) is 18.2 Å². The molecule has 1 saturated carbocycles. The fraction of sp³-hybridized carbons (Fsp3) is 1.00. The Morgan fingerprint density at radius 1 is 1.35 bits per heavy atom. The summed E-state index contributed by atoms with van der Waals surface area (Å²) >= 11 is 1.45. The molecule has 1 spiro atoms. The lowest BCUT2D eigenvalue weighted by Crippen LogP contribution is -2.55. The van der Waals surface area contributed by atoms with Gasteiger partial charge >= 0.3 is 0 Å². The Balaban J connectivity index is 1.95. The number of ether oxygens (including phenoxy) is 3. The van der Waals surface area contributed by atoms with Crippen LogP contribution in [0.5, 0.6) is 0 Å². The standard InChI is InChI=1S/C14H26O5S/c1-10(16)13(20-2)18-12-9-17-14(19-11(12)8-15)6-4-3-5-7-14/h10-13,15-16H,3-9H2,1-2H3/t10?,11-,12?,13-/m0/s1.